The lowest BCUT2D eigenvalue weighted by Gasteiger charge is -2.12. The van der Waals surface area contributed by atoms with E-state index in [1.165, 1.54) is 0 Å². The quantitative estimate of drug-likeness (QED) is 0.778. The van der Waals surface area contributed by atoms with Crippen LogP contribution in [0.5, 0.6) is 5.75 Å². The van der Waals surface area contributed by atoms with Gasteiger partial charge in [-0.3, -0.25) is 0 Å². The largest absolute Gasteiger partial charge is 0.435 e. The number of H-pyrrole nitrogens is 1. The molecule has 2 N–H and O–H groups in total. The number of benzene rings is 1. The van der Waals surface area contributed by atoms with Crippen molar-refractivity contribution in [2.24, 2.45) is 0 Å². The second kappa shape index (κ2) is 7.63. The van der Waals surface area contributed by atoms with Crippen LogP contribution < -0.4 is 10.1 Å². The normalized spacial score (nSPS) is 12.6. The summed E-state index contributed by atoms with van der Waals surface area (Å²) in [6, 6.07) is 6.98. The standard InChI is InChI=1S/C13H17F2N5O/c1-9(16-8-12-17-19-20-18-12)2-3-10-4-6-11(7-5-10)21-13(14)15/h4-7,9,13,16H,2-3,8H2,1H3,(H,17,18,19,20). The molecule has 1 atom stereocenters. The molecule has 2 rings (SSSR count). The molecule has 1 aromatic heterocycles. The molecule has 1 unspecified atom stereocenters. The van der Waals surface area contributed by atoms with Crippen LogP contribution in [0.15, 0.2) is 24.3 Å². The lowest BCUT2D eigenvalue weighted by atomic mass is 10.1. The van der Waals surface area contributed by atoms with Crippen LogP contribution in [-0.4, -0.2) is 33.3 Å². The van der Waals surface area contributed by atoms with E-state index in [4.69, 9.17) is 0 Å². The van der Waals surface area contributed by atoms with Gasteiger partial charge in [0.2, 0.25) is 0 Å². The molecular formula is C13H17F2N5O. The second-order valence-corrected chi connectivity index (χ2v) is 4.67. The molecule has 0 aliphatic rings. The molecular weight excluding hydrogens is 280 g/mol. The van der Waals surface area contributed by atoms with Crippen molar-refractivity contribution < 1.29 is 13.5 Å². The highest BCUT2D eigenvalue weighted by molar-refractivity contribution is 5.27. The third kappa shape index (κ3) is 5.42. The Bertz CT molecular complexity index is 518. The summed E-state index contributed by atoms with van der Waals surface area (Å²) in [7, 11) is 0. The molecule has 0 radical (unpaired) electrons. The first kappa shape index (κ1) is 15.3. The maximum Gasteiger partial charge on any atom is 0.387 e. The third-order valence-corrected chi connectivity index (χ3v) is 3.01. The predicted molar refractivity (Wildman–Crippen MR) is 71.9 cm³/mol. The zero-order valence-electron chi connectivity index (χ0n) is 11.6. The summed E-state index contributed by atoms with van der Waals surface area (Å²) in [5, 5.41) is 16.9. The van der Waals surface area contributed by atoms with E-state index in [2.05, 4.69) is 37.6 Å². The summed E-state index contributed by atoms with van der Waals surface area (Å²) in [6.45, 7) is -0.169. The van der Waals surface area contributed by atoms with E-state index in [0.29, 0.717) is 12.4 Å². The van der Waals surface area contributed by atoms with Crippen molar-refractivity contribution in [1.29, 1.82) is 0 Å². The monoisotopic (exact) mass is 297 g/mol. The predicted octanol–water partition coefficient (Wildman–Crippen LogP) is 1.91. The number of hydrogen-bond donors (Lipinski definition) is 2. The Morgan fingerprint density at radius 3 is 2.67 bits per heavy atom. The highest BCUT2D eigenvalue weighted by Gasteiger charge is 2.06. The van der Waals surface area contributed by atoms with Crippen molar-refractivity contribution in [1.82, 2.24) is 25.9 Å². The Labute approximate surface area is 120 Å². The number of ether oxygens (including phenoxy) is 1. The fourth-order valence-corrected chi connectivity index (χ4v) is 1.85. The summed E-state index contributed by atoms with van der Waals surface area (Å²) in [5.41, 5.74) is 1.07. The van der Waals surface area contributed by atoms with Crippen molar-refractivity contribution >= 4 is 0 Å². The topological polar surface area (TPSA) is 75.7 Å². The van der Waals surface area contributed by atoms with E-state index in [1.807, 2.05) is 0 Å². The second-order valence-electron chi connectivity index (χ2n) is 4.67. The number of nitrogens with one attached hydrogen (secondary N) is 2. The van der Waals surface area contributed by atoms with Crippen molar-refractivity contribution in [3.05, 3.63) is 35.7 Å². The molecule has 8 heteroatoms. The first-order valence-corrected chi connectivity index (χ1v) is 6.63. The van der Waals surface area contributed by atoms with Gasteiger partial charge in [0, 0.05) is 6.04 Å². The molecule has 21 heavy (non-hydrogen) atoms. The SMILES string of the molecule is CC(CCc1ccc(OC(F)F)cc1)NCc1nn[nH]n1. The summed E-state index contributed by atoms with van der Waals surface area (Å²) < 4.78 is 28.4. The molecule has 0 bridgehead atoms. The molecule has 0 aliphatic carbocycles. The lowest BCUT2D eigenvalue weighted by molar-refractivity contribution is -0.0498. The number of halogens is 2. The van der Waals surface area contributed by atoms with Crippen LogP contribution >= 0.6 is 0 Å². The van der Waals surface area contributed by atoms with Crippen LogP contribution in [0.1, 0.15) is 24.7 Å². The number of aromatic nitrogens is 4. The van der Waals surface area contributed by atoms with Gasteiger partial charge >= 0.3 is 6.61 Å². The maximum atomic E-state index is 12.0. The zero-order valence-corrected chi connectivity index (χ0v) is 11.6. The van der Waals surface area contributed by atoms with Gasteiger partial charge < -0.3 is 10.1 Å². The van der Waals surface area contributed by atoms with Gasteiger partial charge in [-0.2, -0.15) is 14.0 Å². The van der Waals surface area contributed by atoms with Gasteiger partial charge in [-0.15, -0.1) is 10.2 Å². The Hall–Kier alpha value is -2.09. The molecule has 2 aromatic rings. The molecule has 0 saturated heterocycles. The van der Waals surface area contributed by atoms with Gasteiger partial charge in [0.1, 0.15) is 5.75 Å². The summed E-state index contributed by atoms with van der Waals surface area (Å²) >= 11 is 0. The smallest absolute Gasteiger partial charge is 0.387 e. The van der Waals surface area contributed by atoms with E-state index in [9.17, 15) is 8.78 Å². The molecule has 6 nitrogen and oxygen atoms in total. The van der Waals surface area contributed by atoms with Crippen LogP contribution in [0.3, 0.4) is 0 Å². The molecule has 0 amide bonds. The Balaban J connectivity index is 1.71. The molecule has 0 aliphatic heterocycles. The number of alkyl halides is 2. The van der Waals surface area contributed by atoms with Crippen LogP contribution in [0.25, 0.3) is 0 Å². The average molecular weight is 297 g/mol. The molecule has 0 saturated carbocycles. The Morgan fingerprint density at radius 2 is 2.05 bits per heavy atom. The minimum Gasteiger partial charge on any atom is -0.435 e. The Kier molecular flexibility index (Phi) is 5.56. The highest BCUT2D eigenvalue weighted by atomic mass is 19.3. The number of tetrazole rings is 1. The first-order chi connectivity index (χ1) is 10.1. The molecule has 1 aromatic carbocycles. The van der Waals surface area contributed by atoms with E-state index < -0.39 is 6.61 Å². The summed E-state index contributed by atoms with van der Waals surface area (Å²) in [4.78, 5) is 0. The van der Waals surface area contributed by atoms with E-state index in [0.717, 1.165) is 18.4 Å². The van der Waals surface area contributed by atoms with E-state index in [-0.39, 0.29) is 11.8 Å². The van der Waals surface area contributed by atoms with Crippen molar-refractivity contribution in [2.75, 3.05) is 0 Å². The van der Waals surface area contributed by atoms with Gasteiger partial charge in [0.25, 0.3) is 0 Å². The van der Waals surface area contributed by atoms with Crippen molar-refractivity contribution in [2.45, 2.75) is 39.0 Å². The van der Waals surface area contributed by atoms with Gasteiger partial charge in [-0.05, 0) is 37.5 Å². The highest BCUT2D eigenvalue weighted by Crippen LogP contribution is 2.16. The lowest BCUT2D eigenvalue weighted by Crippen LogP contribution is -2.26. The van der Waals surface area contributed by atoms with Crippen molar-refractivity contribution in [3.8, 4) is 5.75 Å². The molecule has 0 fully saturated rings. The number of aromatic amines is 1. The fourth-order valence-electron chi connectivity index (χ4n) is 1.85. The average Bonchev–Trinajstić information content (AvgIpc) is 2.97. The van der Waals surface area contributed by atoms with Crippen LogP contribution in [0.4, 0.5) is 8.78 Å². The number of hydrogen-bond acceptors (Lipinski definition) is 5. The van der Waals surface area contributed by atoms with Gasteiger partial charge in [0.05, 0.1) is 6.54 Å². The molecule has 0 spiro atoms. The van der Waals surface area contributed by atoms with Gasteiger partial charge in [0.15, 0.2) is 5.82 Å². The van der Waals surface area contributed by atoms with E-state index >= 15 is 0 Å². The number of rotatable bonds is 8. The fraction of sp³-hybridized carbons (Fsp3) is 0.462. The van der Waals surface area contributed by atoms with Crippen LogP contribution in [0, 0.1) is 0 Å². The first-order valence-electron chi connectivity index (χ1n) is 6.63. The maximum absolute atomic E-state index is 12.0. The molecule has 1 heterocycles. The number of aryl methyl sites for hydroxylation is 1. The van der Waals surface area contributed by atoms with Crippen LogP contribution in [0.2, 0.25) is 0 Å². The third-order valence-electron chi connectivity index (χ3n) is 3.01. The van der Waals surface area contributed by atoms with E-state index in [1.54, 1.807) is 24.3 Å². The molecule has 114 valence electrons. The summed E-state index contributed by atoms with van der Waals surface area (Å²) in [6.07, 6.45) is 1.75. The minimum atomic E-state index is -2.79. The van der Waals surface area contributed by atoms with Gasteiger partial charge in [-0.25, -0.2) is 0 Å². The minimum absolute atomic E-state index is 0.178. The van der Waals surface area contributed by atoms with Gasteiger partial charge in [-0.1, -0.05) is 17.3 Å². The zero-order chi connectivity index (χ0) is 15.1. The number of nitrogens with zero attached hydrogens (tertiary/aromatic N) is 3. The Morgan fingerprint density at radius 1 is 1.29 bits per heavy atom. The van der Waals surface area contributed by atoms with Crippen molar-refractivity contribution in [3.63, 3.8) is 0 Å². The summed E-state index contributed by atoms with van der Waals surface area (Å²) in [5.74, 6) is 0.799. The van der Waals surface area contributed by atoms with Crippen LogP contribution in [-0.2, 0) is 13.0 Å².